The molecule has 2 rings (SSSR count). The van der Waals surface area contributed by atoms with Crippen LogP contribution in [-0.4, -0.2) is 18.2 Å². The molecule has 0 aliphatic carbocycles. The summed E-state index contributed by atoms with van der Waals surface area (Å²) in [6.07, 6.45) is 0.782. The molecule has 0 aliphatic heterocycles. The molecule has 22 heavy (non-hydrogen) atoms. The maximum absolute atomic E-state index is 12.0. The number of hydrogen-bond donors (Lipinski definition) is 2. The third kappa shape index (κ3) is 3.85. The molecule has 2 heterocycles. The van der Waals surface area contributed by atoms with E-state index in [2.05, 4.69) is 10.6 Å². The molecule has 0 saturated carbocycles. The molecule has 0 spiro atoms. The van der Waals surface area contributed by atoms with Gasteiger partial charge in [0.2, 0.25) is 0 Å². The van der Waals surface area contributed by atoms with E-state index in [1.54, 1.807) is 11.3 Å². The van der Waals surface area contributed by atoms with Gasteiger partial charge in [-0.25, -0.2) is 4.79 Å². The predicted molar refractivity (Wildman–Crippen MR) is 97.2 cm³/mol. The minimum atomic E-state index is -0.329. The van der Waals surface area contributed by atoms with Crippen LogP contribution in [0.2, 0.25) is 0 Å². The molecule has 118 valence electrons. The second kappa shape index (κ2) is 7.71. The van der Waals surface area contributed by atoms with E-state index in [0.717, 1.165) is 21.9 Å². The van der Waals surface area contributed by atoms with Gasteiger partial charge in [0.25, 0.3) is 0 Å². The predicted octanol–water partition coefficient (Wildman–Crippen LogP) is 3.95. The van der Waals surface area contributed by atoms with Gasteiger partial charge in [0.05, 0.1) is 19.2 Å². The number of carbonyl (C=O) groups is 1. The lowest BCUT2D eigenvalue weighted by Crippen LogP contribution is -2.28. The lowest BCUT2D eigenvalue weighted by atomic mass is 10.1. The first kappa shape index (κ1) is 16.9. The largest absolute Gasteiger partial charge is 0.465 e. The molecule has 7 heteroatoms. The summed E-state index contributed by atoms with van der Waals surface area (Å²) in [5, 5.41) is 9.55. The molecule has 0 saturated heterocycles. The summed E-state index contributed by atoms with van der Waals surface area (Å²) in [5.74, 6) is -0.329. The van der Waals surface area contributed by atoms with E-state index >= 15 is 0 Å². The Morgan fingerprint density at radius 3 is 2.82 bits per heavy atom. The number of aryl methyl sites for hydroxylation is 1. The van der Waals surface area contributed by atoms with E-state index in [1.165, 1.54) is 23.3 Å². The van der Waals surface area contributed by atoms with Crippen molar-refractivity contribution < 1.29 is 9.53 Å². The lowest BCUT2D eigenvalue weighted by molar-refractivity contribution is 0.0601. The van der Waals surface area contributed by atoms with Crippen molar-refractivity contribution >= 4 is 51.0 Å². The number of nitrogens with one attached hydrogen (secondary N) is 2. The number of carbonyl (C=O) groups excluding carboxylic acids is 1. The summed E-state index contributed by atoms with van der Waals surface area (Å²) in [7, 11) is 1.39. The average molecular weight is 355 g/mol. The number of anilines is 1. The Hall–Kier alpha value is -1.44. The van der Waals surface area contributed by atoms with Crippen molar-refractivity contribution in [1.82, 2.24) is 5.32 Å². The van der Waals surface area contributed by atoms with Crippen molar-refractivity contribution in [2.75, 3.05) is 12.4 Å². The minimum Gasteiger partial charge on any atom is -0.465 e. The number of esters is 1. The number of hydrogen-bond acceptors (Lipinski definition) is 5. The van der Waals surface area contributed by atoms with E-state index in [0.29, 0.717) is 17.2 Å². The highest BCUT2D eigenvalue weighted by Gasteiger charge is 2.22. The fourth-order valence-electron chi connectivity index (χ4n) is 2.14. The summed E-state index contributed by atoms with van der Waals surface area (Å²) in [5.41, 5.74) is 1.60. The van der Waals surface area contributed by atoms with Gasteiger partial charge in [-0.3, -0.25) is 0 Å². The van der Waals surface area contributed by atoms with Crippen molar-refractivity contribution in [3.63, 3.8) is 0 Å². The first-order valence-corrected chi connectivity index (χ1v) is 8.95. The molecular formula is C15H18N2O2S3. The van der Waals surface area contributed by atoms with E-state index in [4.69, 9.17) is 17.0 Å². The Labute approximate surface area is 143 Å². The Morgan fingerprint density at radius 1 is 1.45 bits per heavy atom. The minimum absolute atomic E-state index is 0.329. The van der Waals surface area contributed by atoms with Crippen molar-refractivity contribution in [2.24, 2.45) is 0 Å². The summed E-state index contributed by atoms with van der Waals surface area (Å²) in [6.45, 7) is 4.70. The van der Waals surface area contributed by atoms with Crippen molar-refractivity contribution in [1.29, 1.82) is 0 Å². The summed E-state index contributed by atoms with van der Waals surface area (Å²) in [4.78, 5) is 14.3. The van der Waals surface area contributed by atoms with Gasteiger partial charge in [0, 0.05) is 9.75 Å². The van der Waals surface area contributed by atoms with Crippen LogP contribution in [0.5, 0.6) is 0 Å². The Balaban J connectivity index is 2.11. The SMILES string of the molecule is CCc1c(C)sc(NC(=S)NCc2cccs2)c1C(=O)OC. The van der Waals surface area contributed by atoms with Crippen molar-refractivity contribution in [3.8, 4) is 0 Å². The number of thiocarbonyl (C=S) groups is 1. The molecule has 4 nitrogen and oxygen atoms in total. The fourth-order valence-corrected chi connectivity index (χ4v) is 4.16. The number of ether oxygens (including phenoxy) is 1. The van der Waals surface area contributed by atoms with Crippen LogP contribution >= 0.6 is 34.9 Å². The van der Waals surface area contributed by atoms with Crippen LogP contribution in [-0.2, 0) is 17.7 Å². The third-order valence-corrected chi connectivity index (χ3v) is 5.37. The van der Waals surface area contributed by atoms with Crippen LogP contribution in [0.4, 0.5) is 5.00 Å². The molecule has 0 aromatic carbocycles. The lowest BCUT2D eigenvalue weighted by Gasteiger charge is -2.10. The second-order valence-electron chi connectivity index (χ2n) is 4.57. The zero-order valence-corrected chi connectivity index (χ0v) is 15.1. The van der Waals surface area contributed by atoms with Crippen LogP contribution in [0.15, 0.2) is 17.5 Å². The van der Waals surface area contributed by atoms with Gasteiger partial charge in [-0.2, -0.15) is 0 Å². The average Bonchev–Trinajstić information content (AvgIpc) is 3.11. The molecule has 0 bridgehead atoms. The fraction of sp³-hybridized carbons (Fsp3) is 0.333. The number of rotatable bonds is 5. The maximum atomic E-state index is 12.0. The molecule has 2 aromatic heterocycles. The molecule has 0 unspecified atom stereocenters. The normalized spacial score (nSPS) is 10.3. The van der Waals surface area contributed by atoms with Crippen LogP contribution in [0.25, 0.3) is 0 Å². The topological polar surface area (TPSA) is 50.4 Å². The molecule has 0 radical (unpaired) electrons. The van der Waals surface area contributed by atoms with Gasteiger partial charge in [0.1, 0.15) is 5.00 Å². The highest BCUT2D eigenvalue weighted by molar-refractivity contribution is 7.80. The van der Waals surface area contributed by atoms with Gasteiger partial charge < -0.3 is 15.4 Å². The molecule has 2 aromatic rings. The Bertz CT molecular complexity index is 663. The van der Waals surface area contributed by atoms with Crippen LogP contribution in [0, 0.1) is 6.92 Å². The molecule has 0 amide bonds. The van der Waals surface area contributed by atoms with Crippen LogP contribution in [0.1, 0.15) is 32.6 Å². The molecular weight excluding hydrogens is 336 g/mol. The first-order chi connectivity index (χ1) is 10.6. The van der Waals surface area contributed by atoms with Gasteiger partial charge in [-0.15, -0.1) is 22.7 Å². The molecule has 2 N–H and O–H groups in total. The smallest absolute Gasteiger partial charge is 0.341 e. The summed E-state index contributed by atoms with van der Waals surface area (Å²) >= 11 is 8.51. The molecule has 0 fully saturated rings. The maximum Gasteiger partial charge on any atom is 0.341 e. The number of methoxy groups -OCH3 is 1. The Kier molecular flexibility index (Phi) is 5.93. The molecule has 0 atom stereocenters. The molecule has 0 aliphatic rings. The van der Waals surface area contributed by atoms with E-state index in [9.17, 15) is 4.79 Å². The van der Waals surface area contributed by atoms with Gasteiger partial charge in [0.15, 0.2) is 5.11 Å². The van der Waals surface area contributed by atoms with Gasteiger partial charge in [-0.05, 0) is 42.6 Å². The van der Waals surface area contributed by atoms with Crippen LogP contribution in [0.3, 0.4) is 0 Å². The quantitative estimate of drug-likeness (QED) is 0.629. The monoisotopic (exact) mass is 354 g/mol. The summed E-state index contributed by atoms with van der Waals surface area (Å²) in [6, 6.07) is 4.05. The zero-order chi connectivity index (χ0) is 16.1. The standard InChI is InChI=1S/C15H18N2O2S3/c1-4-11-9(2)22-13(12(11)14(18)19-3)17-15(20)16-8-10-6-5-7-21-10/h5-7H,4,8H2,1-3H3,(H2,16,17,20). The van der Waals surface area contributed by atoms with E-state index in [-0.39, 0.29) is 5.97 Å². The van der Waals surface area contributed by atoms with Gasteiger partial charge in [-0.1, -0.05) is 13.0 Å². The first-order valence-electron chi connectivity index (χ1n) is 6.84. The highest BCUT2D eigenvalue weighted by atomic mass is 32.1. The summed E-state index contributed by atoms with van der Waals surface area (Å²) < 4.78 is 4.90. The van der Waals surface area contributed by atoms with Crippen LogP contribution < -0.4 is 10.6 Å². The second-order valence-corrected chi connectivity index (χ2v) is 7.24. The van der Waals surface area contributed by atoms with E-state index < -0.39 is 0 Å². The highest BCUT2D eigenvalue weighted by Crippen LogP contribution is 2.33. The third-order valence-electron chi connectivity index (χ3n) is 3.18. The van der Waals surface area contributed by atoms with E-state index in [1.807, 2.05) is 31.4 Å². The van der Waals surface area contributed by atoms with Gasteiger partial charge >= 0.3 is 5.97 Å². The zero-order valence-electron chi connectivity index (χ0n) is 12.7. The van der Waals surface area contributed by atoms with Crippen molar-refractivity contribution in [3.05, 3.63) is 38.4 Å². The Morgan fingerprint density at radius 2 is 2.23 bits per heavy atom. The van der Waals surface area contributed by atoms with Crippen molar-refractivity contribution in [2.45, 2.75) is 26.8 Å². The number of thiophene rings is 2.